The first-order valence-corrected chi connectivity index (χ1v) is 7.89. The summed E-state index contributed by atoms with van der Waals surface area (Å²) in [6.07, 6.45) is 11.6. The van der Waals surface area contributed by atoms with Crippen LogP contribution in [0.15, 0.2) is 81.0 Å². The molecular weight excluding hydrogens is 268 g/mol. The van der Waals surface area contributed by atoms with Crippen LogP contribution in [0.4, 0.5) is 0 Å². The fourth-order valence-corrected chi connectivity index (χ4v) is 2.75. The molecular formula is C21H28O. The van der Waals surface area contributed by atoms with Gasteiger partial charge in [-0.3, -0.25) is 0 Å². The van der Waals surface area contributed by atoms with Gasteiger partial charge in [0.1, 0.15) is 5.60 Å². The van der Waals surface area contributed by atoms with E-state index in [4.69, 9.17) is 4.74 Å². The molecule has 0 heterocycles. The van der Waals surface area contributed by atoms with Crippen molar-refractivity contribution >= 4 is 0 Å². The number of allylic oxidation sites excluding steroid dienone is 1. The Kier molecular flexibility index (Phi) is 8.24. The number of hydrogen-bond donors (Lipinski definition) is 0. The Morgan fingerprint density at radius 2 is 1.68 bits per heavy atom. The van der Waals surface area contributed by atoms with Crippen LogP contribution in [0.2, 0.25) is 0 Å². The second kappa shape index (κ2) is 9.97. The highest BCUT2D eigenvalue weighted by Gasteiger charge is 2.33. The third kappa shape index (κ3) is 5.16. The fraction of sp³-hybridized carbons (Fsp3) is 0.333. The van der Waals surface area contributed by atoms with Crippen molar-refractivity contribution in [1.29, 1.82) is 0 Å². The molecule has 0 aliphatic heterocycles. The van der Waals surface area contributed by atoms with E-state index in [1.807, 2.05) is 24.3 Å². The van der Waals surface area contributed by atoms with Crippen molar-refractivity contribution < 1.29 is 4.74 Å². The molecule has 1 nitrogen and oxygen atoms in total. The first kappa shape index (κ1) is 18.2. The first-order valence-electron chi connectivity index (χ1n) is 7.89. The normalized spacial score (nSPS) is 12.4. The Morgan fingerprint density at radius 3 is 2.23 bits per heavy atom. The van der Waals surface area contributed by atoms with Crippen LogP contribution in [0.5, 0.6) is 0 Å². The maximum absolute atomic E-state index is 6.06. The van der Waals surface area contributed by atoms with Gasteiger partial charge in [-0.1, -0.05) is 67.8 Å². The van der Waals surface area contributed by atoms with Crippen LogP contribution in [-0.4, -0.2) is 12.2 Å². The van der Waals surface area contributed by atoms with Gasteiger partial charge >= 0.3 is 0 Å². The van der Waals surface area contributed by atoms with Crippen LogP contribution in [0, 0.1) is 5.92 Å². The number of unbranched alkanes of at least 4 members (excludes halogenated alkanes) is 1. The summed E-state index contributed by atoms with van der Waals surface area (Å²) in [6, 6.07) is 10.5. The van der Waals surface area contributed by atoms with Gasteiger partial charge in [0.05, 0.1) is 6.61 Å². The molecule has 0 radical (unpaired) electrons. The van der Waals surface area contributed by atoms with Crippen LogP contribution in [0.1, 0.15) is 24.8 Å². The summed E-state index contributed by atoms with van der Waals surface area (Å²) in [5, 5.41) is 0. The molecule has 22 heavy (non-hydrogen) atoms. The van der Waals surface area contributed by atoms with Crippen LogP contribution in [0.25, 0.3) is 0 Å². The summed E-state index contributed by atoms with van der Waals surface area (Å²) in [4.78, 5) is 0. The molecule has 0 saturated heterocycles. The van der Waals surface area contributed by atoms with E-state index in [9.17, 15) is 0 Å². The van der Waals surface area contributed by atoms with E-state index >= 15 is 0 Å². The zero-order valence-electron chi connectivity index (χ0n) is 13.5. The van der Waals surface area contributed by atoms with E-state index < -0.39 is 5.60 Å². The highest BCUT2D eigenvalue weighted by molar-refractivity contribution is 5.20. The van der Waals surface area contributed by atoms with Crippen molar-refractivity contribution in [2.75, 3.05) is 6.61 Å². The summed E-state index contributed by atoms with van der Waals surface area (Å²) < 4.78 is 6.06. The molecule has 0 aliphatic carbocycles. The van der Waals surface area contributed by atoms with E-state index in [1.54, 1.807) is 6.08 Å². The molecule has 0 unspecified atom stereocenters. The standard InChI is InChI=1S/C21H28O/c1-5-9-11-16-20(18-19-14-12-10-13-15-19)21(7-3,8-4)22-17-6-2/h5-8,10,12-15,20H,1-4,9,11,16-18H2/t20-/m1/s1. The van der Waals surface area contributed by atoms with Gasteiger partial charge in [0.25, 0.3) is 0 Å². The van der Waals surface area contributed by atoms with Gasteiger partial charge in [0.2, 0.25) is 0 Å². The zero-order chi connectivity index (χ0) is 16.3. The smallest absolute Gasteiger partial charge is 0.107 e. The zero-order valence-corrected chi connectivity index (χ0v) is 13.5. The molecule has 1 heteroatoms. The Labute approximate surface area is 135 Å². The second-order valence-corrected chi connectivity index (χ2v) is 5.47. The molecule has 1 rings (SSSR count). The molecule has 1 atom stereocenters. The van der Waals surface area contributed by atoms with Crippen LogP contribution in [-0.2, 0) is 11.2 Å². The quantitative estimate of drug-likeness (QED) is 0.365. The minimum absolute atomic E-state index is 0.296. The van der Waals surface area contributed by atoms with E-state index in [0.717, 1.165) is 25.7 Å². The van der Waals surface area contributed by atoms with Crippen molar-refractivity contribution in [1.82, 2.24) is 0 Å². The third-order valence-corrected chi connectivity index (χ3v) is 4.01. The summed E-state index contributed by atoms with van der Waals surface area (Å²) in [7, 11) is 0. The molecule has 0 N–H and O–H groups in total. The highest BCUT2D eigenvalue weighted by Crippen LogP contribution is 2.32. The van der Waals surface area contributed by atoms with Crippen LogP contribution >= 0.6 is 0 Å². The maximum atomic E-state index is 6.06. The van der Waals surface area contributed by atoms with E-state index in [-0.39, 0.29) is 0 Å². The Morgan fingerprint density at radius 1 is 1.00 bits per heavy atom. The number of ether oxygens (including phenoxy) is 1. The Bertz CT molecular complexity index is 464. The molecule has 0 aromatic heterocycles. The Balaban J connectivity index is 2.97. The molecule has 0 spiro atoms. The molecule has 0 aliphatic rings. The summed E-state index contributed by atoms with van der Waals surface area (Å²) in [6.45, 7) is 16.0. The van der Waals surface area contributed by atoms with Crippen molar-refractivity contribution in [2.24, 2.45) is 5.92 Å². The second-order valence-electron chi connectivity index (χ2n) is 5.47. The SMILES string of the molecule is C=CCCC[C@H](Cc1ccccc1)C(C=C)(C=C)OCC=C. The lowest BCUT2D eigenvalue weighted by atomic mass is 9.79. The lowest BCUT2D eigenvalue weighted by molar-refractivity contribution is -0.00248. The van der Waals surface area contributed by atoms with Crippen LogP contribution < -0.4 is 0 Å². The van der Waals surface area contributed by atoms with Crippen molar-refractivity contribution in [3.63, 3.8) is 0 Å². The molecule has 118 valence electrons. The van der Waals surface area contributed by atoms with Gasteiger partial charge < -0.3 is 4.74 Å². The summed E-state index contributed by atoms with van der Waals surface area (Å²) in [5.74, 6) is 0.296. The Hall–Kier alpha value is -1.86. The third-order valence-electron chi connectivity index (χ3n) is 4.01. The molecule has 1 aromatic rings. The molecule has 0 amide bonds. The molecule has 0 bridgehead atoms. The topological polar surface area (TPSA) is 9.23 Å². The minimum Gasteiger partial charge on any atom is -0.362 e. The number of hydrogen-bond acceptors (Lipinski definition) is 1. The molecule has 0 fully saturated rings. The molecule has 0 saturated carbocycles. The highest BCUT2D eigenvalue weighted by atomic mass is 16.5. The van der Waals surface area contributed by atoms with Crippen molar-refractivity contribution in [2.45, 2.75) is 31.3 Å². The summed E-state index contributed by atoms with van der Waals surface area (Å²) in [5.41, 5.74) is 0.784. The van der Waals surface area contributed by atoms with Crippen molar-refractivity contribution in [3.05, 3.63) is 86.5 Å². The first-order chi connectivity index (χ1) is 10.7. The van der Waals surface area contributed by atoms with Gasteiger partial charge in [-0.2, -0.15) is 0 Å². The van der Waals surface area contributed by atoms with Gasteiger partial charge in [-0.05, 0) is 37.2 Å². The van der Waals surface area contributed by atoms with Gasteiger partial charge in [-0.25, -0.2) is 0 Å². The average Bonchev–Trinajstić information content (AvgIpc) is 2.57. The van der Waals surface area contributed by atoms with E-state index in [1.165, 1.54) is 5.56 Å². The van der Waals surface area contributed by atoms with E-state index in [0.29, 0.717) is 12.5 Å². The average molecular weight is 296 g/mol. The number of rotatable bonds is 12. The predicted molar refractivity (Wildman–Crippen MR) is 97.0 cm³/mol. The summed E-state index contributed by atoms with van der Waals surface area (Å²) >= 11 is 0. The lowest BCUT2D eigenvalue weighted by Gasteiger charge is -2.36. The molecule has 1 aromatic carbocycles. The van der Waals surface area contributed by atoms with E-state index in [2.05, 4.69) is 50.6 Å². The largest absolute Gasteiger partial charge is 0.362 e. The monoisotopic (exact) mass is 296 g/mol. The number of benzene rings is 1. The maximum Gasteiger partial charge on any atom is 0.107 e. The van der Waals surface area contributed by atoms with Gasteiger partial charge in [-0.15, -0.1) is 13.2 Å². The van der Waals surface area contributed by atoms with Crippen molar-refractivity contribution in [3.8, 4) is 0 Å². The van der Waals surface area contributed by atoms with Gasteiger partial charge in [0.15, 0.2) is 0 Å². The fourth-order valence-electron chi connectivity index (χ4n) is 2.75. The predicted octanol–water partition coefficient (Wildman–Crippen LogP) is 5.52. The van der Waals surface area contributed by atoms with Crippen LogP contribution in [0.3, 0.4) is 0 Å². The van der Waals surface area contributed by atoms with Gasteiger partial charge in [0, 0.05) is 0 Å². The minimum atomic E-state index is -0.523. The lowest BCUT2D eigenvalue weighted by Crippen LogP contribution is -2.38.